The van der Waals surface area contributed by atoms with Crippen molar-refractivity contribution in [3.05, 3.63) is 176 Å². The first kappa shape index (κ1) is 33.8. The van der Waals surface area contributed by atoms with Gasteiger partial charge in [0.25, 0.3) is 11.4 Å². The fourth-order valence-electron chi connectivity index (χ4n) is 8.15. The quantitative estimate of drug-likeness (QED) is 0.0477. The molecule has 54 heavy (non-hydrogen) atoms. The lowest BCUT2D eigenvalue weighted by Crippen LogP contribution is -2.44. The van der Waals surface area contributed by atoms with Crippen LogP contribution in [-0.4, -0.2) is 25.7 Å². The Labute approximate surface area is 311 Å². The molecule has 0 saturated carbocycles. The molecule has 0 amide bonds. The molecule has 0 bridgehead atoms. The largest absolute Gasteiger partial charge is 0.396 e. The average molecular weight is 731 g/mol. The zero-order valence-electron chi connectivity index (χ0n) is 29.1. The zero-order valence-corrected chi connectivity index (χ0v) is 30.3. The third kappa shape index (κ3) is 6.05. The van der Waals surface area contributed by atoms with Crippen LogP contribution in [0.1, 0.15) is 23.1 Å². The van der Waals surface area contributed by atoms with Gasteiger partial charge in [-0.1, -0.05) is 84.9 Å². The van der Waals surface area contributed by atoms with Crippen molar-refractivity contribution in [2.24, 2.45) is 0 Å². The first-order chi connectivity index (χ1) is 26.4. The molecule has 10 heteroatoms. The molecule has 0 N–H and O–H groups in total. The maximum Gasteiger partial charge on any atom is 0.324 e. The number of nitrogens with zero attached hydrogens (tertiary/aromatic N) is 2. The minimum absolute atomic E-state index is 0.00155. The molecule has 2 atom stereocenters. The van der Waals surface area contributed by atoms with E-state index in [1.165, 1.54) is 28.3 Å². The molecule has 0 radical (unpaired) electrons. The standard InChI is InChI=1S/C44H34N2O7Si/c47-45(48)41-15-7-4-12-33(41)26-51-44(19-20-52-54(28-44)53-27-34-13-5-8-16-42(34)46(49)50)43-37-14-6-3-11-31(37)24-40-38(43)18-17-32-23-35-21-29-9-1-2-10-30(29)22-36(35)25-39(32)40/h1-18,21-25,54H,19-20,26-28H2. The molecule has 1 aliphatic rings. The maximum absolute atomic E-state index is 12.1. The molecule has 0 aliphatic carbocycles. The number of nitro benzene ring substituents is 2. The van der Waals surface area contributed by atoms with E-state index >= 15 is 0 Å². The Bertz CT molecular complexity index is 2790. The summed E-state index contributed by atoms with van der Waals surface area (Å²) in [6.45, 7) is 0.357. The smallest absolute Gasteiger partial charge is 0.324 e. The molecule has 266 valence electrons. The number of rotatable bonds is 9. The van der Waals surface area contributed by atoms with Gasteiger partial charge in [-0.05, 0) is 102 Å². The predicted octanol–water partition coefficient (Wildman–Crippen LogP) is 10.5. The summed E-state index contributed by atoms with van der Waals surface area (Å²) in [5.41, 5.74) is 0.966. The van der Waals surface area contributed by atoms with Crippen LogP contribution in [0.25, 0.3) is 53.9 Å². The van der Waals surface area contributed by atoms with Gasteiger partial charge in [-0.2, -0.15) is 0 Å². The first-order valence-electron chi connectivity index (χ1n) is 17.9. The number of hydrogen-bond acceptors (Lipinski definition) is 7. The molecule has 1 aliphatic heterocycles. The number of nitro groups is 2. The highest BCUT2D eigenvalue weighted by Gasteiger charge is 2.44. The van der Waals surface area contributed by atoms with E-state index in [9.17, 15) is 20.2 Å². The van der Waals surface area contributed by atoms with E-state index in [2.05, 4.69) is 78.9 Å². The van der Waals surface area contributed by atoms with Crippen molar-refractivity contribution >= 4 is 74.5 Å². The van der Waals surface area contributed by atoms with Gasteiger partial charge in [-0.25, -0.2) is 0 Å². The SMILES string of the molecule is O=[N+]([O-])c1ccccc1CO[SiH]1CC(OCc2ccccc2[N+](=O)[O-])(c2c3ccccc3cc3c2ccc2cc4cc5ccccc5cc4cc23)CCO1. The van der Waals surface area contributed by atoms with Gasteiger partial charge in [-0.15, -0.1) is 0 Å². The monoisotopic (exact) mass is 730 g/mol. The number of benzene rings is 8. The van der Waals surface area contributed by atoms with Crippen molar-refractivity contribution in [2.75, 3.05) is 6.61 Å². The molecule has 1 saturated heterocycles. The van der Waals surface area contributed by atoms with Gasteiger partial charge in [0.2, 0.25) is 0 Å². The summed E-state index contributed by atoms with van der Waals surface area (Å²) in [5, 5.41) is 35.0. The number of para-hydroxylation sites is 2. The van der Waals surface area contributed by atoms with Gasteiger partial charge in [0.05, 0.1) is 39.8 Å². The molecule has 8 aromatic carbocycles. The summed E-state index contributed by atoms with van der Waals surface area (Å²) < 4.78 is 19.9. The second-order valence-corrected chi connectivity index (χ2v) is 15.8. The highest BCUT2D eigenvalue weighted by atomic mass is 28.3. The van der Waals surface area contributed by atoms with Crippen LogP contribution in [0.4, 0.5) is 11.4 Å². The van der Waals surface area contributed by atoms with Crippen LogP contribution in [0.15, 0.2) is 140 Å². The van der Waals surface area contributed by atoms with E-state index < -0.39 is 19.8 Å². The third-order valence-corrected chi connectivity index (χ3v) is 12.9. The minimum Gasteiger partial charge on any atom is -0.396 e. The molecule has 1 heterocycles. The van der Waals surface area contributed by atoms with Crippen LogP contribution >= 0.6 is 0 Å². The van der Waals surface area contributed by atoms with Gasteiger partial charge in [0, 0.05) is 31.2 Å². The second-order valence-electron chi connectivity index (χ2n) is 13.9. The lowest BCUT2D eigenvalue weighted by Gasteiger charge is -2.41. The first-order valence-corrected chi connectivity index (χ1v) is 19.7. The van der Waals surface area contributed by atoms with Gasteiger partial charge in [0.15, 0.2) is 0 Å². The van der Waals surface area contributed by atoms with Crippen molar-refractivity contribution in [2.45, 2.75) is 31.3 Å². The van der Waals surface area contributed by atoms with E-state index in [1.807, 2.05) is 12.1 Å². The number of fused-ring (bicyclic) bond motifs is 6. The highest BCUT2D eigenvalue weighted by molar-refractivity contribution is 6.45. The molecule has 0 spiro atoms. The Balaban J connectivity index is 1.22. The molecular formula is C44H34N2O7Si. The Kier molecular flexibility index (Phi) is 8.59. The van der Waals surface area contributed by atoms with Crippen LogP contribution in [0.5, 0.6) is 0 Å². The third-order valence-electron chi connectivity index (χ3n) is 10.7. The fraction of sp³-hybridized carbons (Fsp3) is 0.136. The van der Waals surface area contributed by atoms with E-state index in [0.717, 1.165) is 43.3 Å². The molecule has 8 aromatic rings. The van der Waals surface area contributed by atoms with Crippen LogP contribution in [-0.2, 0) is 32.4 Å². The summed E-state index contributed by atoms with van der Waals surface area (Å²) in [4.78, 5) is 23.1. The van der Waals surface area contributed by atoms with E-state index in [-0.39, 0.29) is 29.5 Å². The van der Waals surface area contributed by atoms with Crippen LogP contribution in [0, 0.1) is 20.2 Å². The molecular weight excluding hydrogens is 697 g/mol. The van der Waals surface area contributed by atoms with Crippen molar-refractivity contribution in [3.8, 4) is 0 Å². The number of ether oxygens (including phenoxy) is 1. The lowest BCUT2D eigenvalue weighted by molar-refractivity contribution is -0.386. The van der Waals surface area contributed by atoms with Crippen molar-refractivity contribution in [3.63, 3.8) is 0 Å². The van der Waals surface area contributed by atoms with Gasteiger partial charge in [-0.3, -0.25) is 20.2 Å². The van der Waals surface area contributed by atoms with Crippen molar-refractivity contribution in [1.29, 1.82) is 0 Å². The summed E-state index contributed by atoms with van der Waals surface area (Å²) >= 11 is 0. The summed E-state index contributed by atoms with van der Waals surface area (Å²) in [7, 11) is -2.55. The Morgan fingerprint density at radius 1 is 0.574 bits per heavy atom. The second kappa shape index (κ2) is 13.7. The Morgan fingerprint density at radius 3 is 1.83 bits per heavy atom. The topological polar surface area (TPSA) is 114 Å². The number of hydrogen-bond donors (Lipinski definition) is 0. The maximum atomic E-state index is 12.1. The molecule has 2 unspecified atom stereocenters. The summed E-state index contributed by atoms with van der Waals surface area (Å²) in [5.74, 6) is 0. The Hall–Kier alpha value is -6.04. The minimum atomic E-state index is -2.55. The summed E-state index contributed by atoms with van der Waals surface area (Å²) in [6, 6.07) is 45.9. The average Bonchev–Trinajstić information content (AvgIpc) is 3.20. The Morgan fingerprint density at radius 2 is 1.13 bits per heavy atom. The van der Waals surface area contributed by atoms with Crippen LogP contribution < -0.4 is 0 Å². The van der Waals surface area contributed by atoms with E-state index in [1.54, 1.807) is 36.4 Å². The van der Waals surface area contributed by atoms with Crippen molar-refractivity contribution in [1.82, 2.24) is 0 Å². The molecule has 1 fully saturated rings. The molecule has 9 rings (SSSR count). The van der Waals surface area contributed by atoms with Gasteiger partial charge < -0.3 is 13.6 Å². The summed E-state index contributed by atoms with van der Waals surface area (Å²) in [6.07, 6.45) is 0.483. The molecule has 0 aromatic heterocycles. The van der Waals surface area contributed by atoms with Gasteiger partial charge >= 0.3 is 9.28 Å². The van der Waals surface area contributed by atoms with E-state index in [0.29, 0.717) is 30.2 Å². The van der Waals surface area contributed by atoms with Crippen LogP contribution in [0.2, 0.25) is 6.04 Å². The molecule has 9 nitrogen and oxygen atoms in total. The fourth-order valence-corrected chi connectivity index (χ4v) is 10.3. The van der Waals surface area contributed by atoms with Crippen LogP contribution in [0.3, 0.4) is 0 Å². The highest BCUT2D eigenvalue weighted by Crippen LogP contribution is 2.48. The van der Waals surface area contributed by atoms with Gasteiger partial charge in [0.1, 0.15) is 0 Å². The normalized spacial score (nSPS) is 17.4. The predicted molar refractivity (Wildman–Crippen MR) is 214 cm³/mol. The lowest BCUT2D eigenvalue weighted by atomic mass is 9.82. The zero-order chi connectivity index (χ0) is 36.8. The van der Waals surface area contributed by atoms with E-state index in [4.69, 9.17) is 13.6 Å². The van der Waals surface area contributed by atoms with Crippen molar-refractivity contribution < 1.29 is 23.4 Å².